The van der Waals surface area contributed by atoms with Crippen molar-refractivity contribution in [2.75, 3.05) is 26.2 Å². The van der Waals surface area contributed by atoms with Crippen LogP contribution in [0.1, 0.15) is 6.92 Å². The molecule has 1 aliphatic rings. The van der Waals surface area contributed by atoms with Crippen molar-refractivity contribution in [2.45, 2.75) is 19.1 Å². The Labute approximate surface area is 145 Å². The van der Waals surface area contributed by atoms with E-state index < -0.39 is 0 Å². The first-order chi connectivity index (χ1) is 11.1. The number of aliphatic hydroxyl groups is 1. The second-order valence-corrected chi connectivity index (χ2v) is 7.17. The van der Waals surface area contributed by atoms with Gasteiger partial charge in [-0.1, -0.05) is 28.1 Å². The number of hydrogen-bond acceptors (Lipinski definition) is 4. The summed E-state index contributed by atoms with van der Waals surface area (Å²) in [6.45, 7) is 5.10. The Balaban J connectivity index is 1.50. The molecule has 0 aromatic heterocycles. The summed E-state index contributed by atoms with van der Waals surface area (Å²) in [7, 11) is 0. The highest BCUT2D eigenvalue weighted by molar-refractivity contribution is 9.10. The quantitative estimate of drug-likeness (QED) is 0.722. The molecule has 0 bridgehead atoms. The molecule has 1 heterocycles. The van der Waals surface area contributed by atoms with Gasteiger partial charge in [-0.25, -0.2) is 0 Å². The van der Waals surface area contributed by atoms with Crippen LogP contribution in [-0.4, -0.2) is 43.5 Å². The molecule has 1 fully saturated rings. The van der Waals surface area contributed by atoms with Crippen LogP contribution in [0.25, 0.3) is 10.8 Å². The van der Waals surface area contributed by atoms with Crippen LogP contribution in [-0.2, 0) is 0 Å². The Bertz CT molecular complexity index is 665. The second kappa shape index (κ2) is 7.62. The van der Waals surface area contributed by atoms with Crippen LogP contribution < -0.4 is 15.4 Å². The summed E-state index contributed by atoms with van der Waals surface area (Å²) in [6, 6.07) is 12.6. The van der Waals surface area contributed by atoms with E-state index in [9.17, 15) is 5.11 Å². The van der Waals surface area contributed by atoms with E-state index in [1.54, 1.807) is 0 Å². The third-order valence-electron chi connectivity index (χ3n) is 4.31. The number of fused-ring (bicyclic) bond motifs is 1. The van der Waals surface area contributed by atoms with E-state index >= 15 is 0 Å². The summed E-state index contributed by atoms with van der Waals surface area (Å²) in [4.78, 5) is 0. The highest BCUT2D eigenvalue weighted by Gasteiger charge is 2.24. The van der Waals surface area contributed by atoms with Gasteiger partial charge >= 0.3 is 0 Å². The largest absolute Gasteiger partial charge is 0.492 e. The van der Waals surface area contributed by atoms with Crippen LogP contribution in [0.15, 0.2) is 40.9 Å². The van der Waals surface area contributed by atoms with Gasteiger partial charge in [0.15, 0.2) is 0 Å². The van der Waals surface area contributed by atoms with Crippen LogP contribution in [0.5, 0.6) is 5.75 Å². The maximum Gasteiger partial charge on any atom is 0.120 e. The van der Waals surface area contributed by atoms with Gasteiger partial charge in [-0.2, -0.15) is 0 Å². The molecule has 4 nitrogen and oxygen atoms in total. The second-order valence-electron chi connectivity index (χ2n) is 6.26. The lowest BCUT2D eigenvalue weighted by Crippen LogP contribution is -2.38. The molecular weight excluding hydrogens is 356 g/mol. The van der Waals surface area contributed by atoms with Crippen molar-refractivity contribution < 1.29 is 9.84 Å². The van der Waals surface area contributed by atoms with Gasteiger partial charge in [0.2, 0.25) is 0 Å². The van der Waals surface area contributed by atoms with Crippen molar-refractivity contribution in [1.29, 1.82) is 0 Å². The molecule has 3 N–H and O–H groups in total. The summed E-state index contributed by atoms with van der Waals surface area (Å²) >= 11 is 3.49. The molecule has 0 aliphatic carbocycles. The van der Waals surface area contributed by atoms with Gasteiger partial charge in [0.1, 0.15) is 12.4 Å². The number of halogens is 1. The normalized spacial score (nSPS) is 22.4. The van der Waals surface area contributed by atoms with Gasteiger partial charge < -0.3 is 20.5 Å². The summed E-state index contributed by atoms with van der Waals surface area (Å²) in [5.41, 5.74) is 0. The van der Waals surface area contributed by atoms with Crippen molar-refractivity contribution >= 4 is 26.7 Å². The Morgan fingerprint density at radius 1 is 1.26 bits per heavy atom. The molecule has 2 aromatic rings. The number of rotatable bonds is 6. The molecule has 0 amide bonds. The van der Waals surface area contributed by atoms with Gasteiger partial charge in [0, 0.05) is 36.1 Å². The summed E-state index contributed by atoms with van der Waals surface area (Å²) in [6.07, 6.45) is -0.240. The van der Waals surface area contributed by atoms with Gasteiger partial charge in [0.05, 0.1) is 6.10 Å². The molecule has 124 valence electrons. The average Bonchev–Trinajstić information content (AvgIpc) is 2.96. The van der Waals surface area contributed by atoms with E-state index in [0.717, 1.165) is 23.3 Å². The zero-order chi connectivity index (χ0) is 16.2. The predicted molar refractivity (Wildman–Crippen MR) is 97.0 cm³/mol. The van der Waals surface area contributed by atoms with Crippen molar-refractivity contribution in [1.82, 2.24) is 10.6 Å². The molecule has 5 heteroatoms. The SMILES string of the molecule is CC(COc1ccc2cc(Br)ccc2c1)NCC1CNCC1O. The molecule has 1 saturated heterocycles. The third-order valence-corrected chi connectivity index (χ3v) is 4.80. The number of nitrogens with one attached hydrogen (secondary N) is 2. The molecular formula is C18H23BrN2O2. The monoisotopic (exact) mass is 378 g/mol. The maximum atomic E-state index is 9.79. The Morgan fingerprint density at radius 3 is 2.83 bits per heavy atom. The first-order valence-corrected chi connectivity index (χ1v) is 8.85. The minimum atomic E-state index is -0.240. The molecule has 3 unspecified atom stereocenters. The lowest BCUT2D eigenvalue weighted by atomic mass is 10.1. The fraction of sp³-hybridized carbons (Fsp3) is 0.444. The summed E-state index contributed by atoms with van der Waals surface area (Å²) < 4.78 is 6.98. The van der Waals surface area contributed by atoms with Crippen LogP contribution in [0.4, 0.5) is 0 Å². The predicted octanol–water partition coefficient (Wildman–Crippen LogP) is 2.54. The highest BCUT2D eigenvalue weighted by Crippen LogP contribution is 2.24. The third kappa shape index (κ3) is 4.44. The minimum absolute atomic E-state index is 0.239. The van der Waals surface area contributed by atoms with E-state index in [-0.39, 0.29) is 18.1 Å². The Kier molecular flexibility index (Phi) is 5.54. The van der Waals surface area contributed by atoms with Crippen LogP contribution in [0, 0.1) is 5.92 Å². The zero-order valence-electron chi connectivity index (χ0n) is 13.3. The fourth-order valence-electron chi connectivity index (χ4n) is 2.84. The van der Waals surface area contributed by atoms with Crippen molar-refractivity contribution in [3.05, 3.63) is 40.9 Å². The first-order valence-electron chi connectivity index (χ1n) is 8.06. The smallest absolute Gasteiger partial charge is 0.120 e. The number of ether oxygens (including phenoxy) is 1. The number of hydrogen-bond donors (Lipinski definition) is 3. The molecule has 3 atom stereocenters. The molecule has 0 spiro atoms. The van der Waals surface area contributed by atoms with E-state index in [1.807, 2.05) is 12.1 Å². The summed E-state index contributed by atoms with van der Waals surface area (Å²) in [5.74, 6) is 1.17. The van der Waals surface area contributed by atoms with Crippen molar-refractivity contribution in [2.24, 2.45) is 5.92 Å². The van der Waals surface area contributed by atoms with Gasteiger partial charge in [0.25, 0.3) is 0 Å². The standard InChI is InChI=1S/C18H23BrN2O2/c1-12(21-9-15-8-20-10-18(15)22)11-23-17-5-3-13-6-16(19)4-2-14(13)7-17/h2-7,12,15,18,20-22H,8-11H2,1H3. The van der Waals surface area contributed by atoms with Gasteiger partial charge in [-0.3, -0.25) is 0 Å². The lowest BCUT2D eigenvalue weighted by molar-refractivity contribution is 0.142. The fourth-order valence-corrected chi connectivity index (χ4v) is 3.22. The molecule has 3 rings (SSSR count). The maximum absolute atomic E-state index is 9.79. The van der Waals surface area contributed by atoms with Crippen molar-refractivity contribution in [3.8, 4) is 5.75 Å². The number of benzene rings is 2. The molecule has 0 saturated carbocycles. The van der Waals surface area contributed by atoms with Gasteiger partial charge in [-0.05, 0) is 42.0 Å². The van der Waals surface area contributed by atoms with Crippen LogP contribution >= 0.6 is 15.9 Å². The molecule has 2 aromatic carbocycles. The van der Waals surface area contributed by atoms with Crippen LogP contribution in [0.2, 0.25) is 0 Å². The zero-order valence-corrected chi connectivity index (χ0v) is 14.8. The molecule has 0 radical (unpaired) electrons. The Hall–Kier alpha value is -1.14. The number of β-amino-alcohol motifs (C(OH)–C–C–N with tert-alkyl or cyclic N) is 1. The average molecular weight is 379 g/mol. The lowest BCUT2D eigenvalue weighted by Gasteiger charge is -2.19. The topological polar surface area (TPSA) is 53.5 Å². The van der Waals surface area contributed by atoms with E-state index in [2.05, 4.69) is 57.8 Å². The molecule has 1 aliphatic heterocycles. The molecule has 23 heavy (non-hydrogen) atoms. The first kappa shape index (κ1) is 16.7. The van der Waals surface area contributed by atoms with E-state index in [4.69, 9.17) is 4.74 Å². The van der Waals surface area contributed by atoms with Gasteiger partial charge in [-0.15, -0.1) is 0 Å². The van der Waals surface area contributed by atoms with Crippen molar-refractivity contribution in [3.63, 3.8) is 0 Å². The van der Waals surface area contributed by atoms with E-state index in [1.165, 1.54) is 10.8 Å². The van der Waals surface area contributed by atoms with Crippen LogP contribution in [0.3, 0.4) is 0 Å². The highest BCUT2D eigenvalue weighted by atomic mass is 79.9. The number of aliphatic hydroxyl groups excluding tert-OH is 1. The minimum Gasteiger partial charge on any atom is -0.492 e. The summed E-state index contributed by atoms with van der Waals surface area (Å²) in [5, 5.41) is 18.8. The Morgan fingerprint density at radius 2 is 2.04 bits per heavy atom. The van der Waals surface area contributed by atoms with E-state index in [0.29, 0.717) is 13.2 Å².